The van der Waals surface area contributed by atoms with Crippen molar-refractivity contribution in [3.8, 4) is 0 Å². The van der Waals surface area contributed by atoms with Crippen molar-refractivity contribution in [2.45, 2.75) is 26.4 Å². The minimum atomic E-state index is -0.539. The molecule has 1 heterocycles. The average Bonchev–Trinajstić information content (AvgIpc) is 2.26. The van der Waals surface area contributed by atoms with Crippen LogP contribution >= 0.6 is 0 Å². The summed E-state index contributed by atoms with van der Waals surface area (Å²) in [4.78, 5) is 23.2. The van der Waals surface area contributed by atoms with Crippen molar-refractivity contribution < 1.29 is 39.1 Å². The first kappa shape index (κ1) is 17.6. The molecule has 1 saturated heterocycles. The molecular weight excluding hydrogens is 251 g/mol. The molecule has 0 atom stereocenters. The normalized spacial score (nSPS) is 16.8. The second-order valence-corrected chi connectivity index (χ2v) is 4.76. The summed E-state index contributed by atoms with van der Waals surface area (Å²) in [5.41, 5.74) is -0.539. The predicted molar refractivity (Wildman–Crippen MR) is 60.4 cm³/mol. The van der Waals surface area contributed by atoms with Gasteiger partial charge in [-0.15, -0.1) is 4.91 Å². The Morgan fingerprint density at radius 3 is 2.17 bits per heavy atom. The van der Waals surface area contributed by atoms with Gasteiger partial charge in [-0.3, -0.25) is 5.28 Å². The first-order valence-electron chi connectivity index (χ1n) is 5.37. The molecule has 0 aromatic heterocycles. The molecule has 1 aliphatic heterocycles. The zero-order valence-corrected chi connectivity index (χ0v) is 13.3. The van der Waals surface area contributed by atoms with Crippen LogP contribution in [0.1, 0.15) is 20.8 Å². The Morgan fingerprint density at radius 2 is 1.78 bits per heavy atom. The largest absolute Gasteiger partial charge is 1.00 e. The molecule has 0 spiro atoms. The summed E-state index contributed by atoms with van der Waals surface area (Å²) in [6, 6.07) is 0. The van der Waals surface area contributed by atoms with Crippen LogP contribution in [0.4, 0.5) is 4.79 Å². The van der Waals surface area contributed by atoms with Crippen molar-refractivity contribution in [1.29, 1.82) is 0 Å². The van der Waals surface area contributed by atoms with E-state index < -0.39 is 11.7 Å². The van der Waals surface area contributed by atoms with Gasteiger partial charge in [-0.2, -0.15) is 0 Å². The van der Waals surface area contributed by atoms with Crippen molar-refractivity contribution in [2.24, 2.45) is 5.29 Å². The molecule has 0 aliphatic carbocycles. The van der Waals surface area contributed by atoms with Gasteiger partial charge in [-0.05, 0) is 20.8 Å². The minimum Gasteiger partial charge on any atom is -0.724 e. The number of ether oxygens (including phenoxy) is 1. The van der Waals surface area contributed by atoms with Crippen LogP contribution in [0.3, 0.4) is 0 Å². The van der Waals surface area contributed by atoms with E-state index in [4.69, 9.17) is 4.74 Å². The van der Waals surface area contributed by atoms with Crippen molar-refractivity contribution >= 4 is 6.09 Å². The van der Waals surface area contributed by atoms with Crippen LogP contribution in [-0.2, 0) is 4.74 Å². The molecule has 0 unspecified atom stereocenters. The molecule has 0 saturated carbocycles. The van der Waals surface area contributed by atoms with E-state index in [1.165, 1.54) is 9.91 Å². The molecule has 9 heteroatoms. The Morgan fingerprint density at radius 1 is 1.28 bits per heavy atom. The van der Waals surface area contributed by atoms with Gasteiger partial charge in [-0.1, -0.05) is 0 Å². The van der Waals surface area contributed by atoms with Gasteiger partial charge in [0.2, 0.25) is 0 Å². The smallest absolute Gasteiger partial charge is 0.724 e. The number of hydrogen-bond donors (Lipinski definition) is 0. The van der Waals surface area contributed by atoms with Crippen LogP contribution in [0.5, 0.6) is 0 Å². The SMILES string of the molecule is CC(C)(C)OC(=O)N1CCN(N([O-])N=O)CC1.[Na+]. The van der Waals surface area contributed by atoms with Gasteiger partial charge in [0.25, 0.3) is 0 Å². The fraction of sp³-hybridized carbons (Fsp3) is 0.889. The van der Waals surface area contributed by atoms with Gasteiger partial charge in [-0.25, -0.2) is 9.80 Å². The molecule has 0 bridgehead atoms. The van der Waals surface area contributed by atoms with Gasteiger partial charge in [0.05, 0.1) is 5.29 Å². The molecule has 1 rings (SSSR count). The third-order valence-electron chi connectivity index (χ3n) is 2.22. The maximum atomic E-state index is 11.7. The molecule has 1 fully saturated rings. The Hall–Kier alpha value is -0.410. The molecule has 0 radical (unpaired) electrons. The topological polar surface area (TPSA) is 88.5 Å². The molecule has 0 N–H and O–H groups in total. The van der Waals surface area contributed by atoms with Crippen molar-refractivity contribution in [1.82, 2.24) is 15.2 Å². The van der Waals surface area contributed by atoms with Crippen LogP contribution < -0.4 is 29.6 Å². The van der Waals surface area contributed by atoms with Crippen molar-refractivity contribution in [3.63, 3.8) is 0 Å². The number of nitroso groups, excluding NO2 is 1. The second kappa shape index (κ2) is 7.25. The molecule has 1 aliphatic rings. The minimum absolute atomic E-state index is 0. The summed E-state index contributed by atoms with van der Waals surface area (Å²) >= 11 is 0. The van der Waals surface area contributed by atoms with Crippen LogP contribution in [0, 0.1) is 10.1 Å². The third-order valence-corrected chi connectivity index (χ3v) is 2.22. The fourth-order valence-corrected chi connectivity index (χ4v) is 1.43. The van der Waals surface area contributed by atoms with Gasteiger partial charge in [0.1, 0.15) is 5.60 Å². The van der Waals surface area contributed by atoms with Crippen molar-refractivity contribution in [3.05, 3.63) is 10.1 Å². The summed E-state index contributed by atoms with van der Waals surface area (Å²) in [7, 11) is 0. The number of rotatable bonds is 2. The average molecular weight is 268 g/mol. The molecule has 98 valence electrons. The number of carbonyl (C=O) groups is 1. The Bertz CT molecular complexity index is 289. The Balaban J connectivity index is 0.00000289. The third kappa shape index (κ3) is 5.49. The van der Waals surface area contributed by atoms with E-state index in [0.717, 1.165) is 0 Å². The monoisotopic (exact) mass is 268 g/mol. The van der Waals surface area contributed by atoms with E-state index in [1.54, 1.807) is 20.8 Å². The number of amides is 1. The summed E-state index contributed by atoms with van der Waals surface area (Å²) < 4.78 is 5.19. The van der Waals surface area contributed by atoms with E-state index in [-0.39, 0.29) is 47.9 Å². The fourth-order valence-electron chi connectivity index (χ4n) is 1.43. The van der Waals surface area contributed by atoms with Crippen LogP contribution in [0.15, 0.2) is 5.29 Å². The molecule has 18 heavy (non-hydrogen) atoms. The Labute approximate surface area is 128 Å². The zero-order chi connectivity index (χ0) is 13.1. The molecular formula is C9H17N4NaO4. The predicted octanol–water partition coefficient (Wildman–Crippen LogP) is -2.06. The number of carbonyl (C=O) groups excluding carboxylic acids is 1. The van der Waals surface area contributed by atoms with Crippen molar-refractivity contribution in [2.75, 3.05) is 26.2 Å². The summed E-state index contributed by atoms with van der Waals surface area (Å²) in [5.74, 6) is 0. The van der Waals surface area contributed by atoms with E-state index >= 15 is 0 Å². The van der Waals surface area contributed by atoms with Gasteiger partial charge in [0.15, 0.2) is 0 Å². The zero-order valence-electron chi connectivity index (χ0n) is 11.3. The molecule has 0 aromatic carbocycles. The maximum absolute atomic E-state index is 11.7. The van der Waals surface area contributed by atoms with E-state index in [2.05, 4.69) is 5.29 Å². The van der Waals surface area contributed by atoms with Gasteiger partial charge in [0, 0.05) is 26.2 Å². The second-order valence-electron chi connectivity index (χ2n) is 4.76. The Kier molecular flexibility index (Phi) is 7.08. The maximum Gasteiger partial charge on any atom is 1.00 e. The standard InChI is InChI=1S/C9H17N4O4.Na/c1-9(2,3)17-8(14)11-4-6-12(7-5-11)13(16)10-15;/h4-7H2,1-3H3;/q-1;+1. The summed E-state index contributed by atoms with van der Waals surface area (Å²) in [6.45, 7) is 6.58. The number of hydrogen-bond acceptors (Lipinski definition) is 6. The van der Waals surface area contributed by atoms with E-state index in [0.29, 0.717) is 13.1 Å². The molecule has 1 amide bonds. The first-order chi connectivity index (χ1) is 7.83. The molecule has 8 nitrogen and oxygen atoms in total. The van der Waals surface area contributed by atoms with E-state index in [1.807, 2.05) is 0 Å². The molecule has 0 aromatic rings. The van der Waals surface area contributed by atoms with E-state index in [9.17, 15) is 14.9 Å². The number of nitrogens with zero attached hydrogens (tertiary/aromatic N) is 4. The number of piperazine rings is 1. The first-order valence-corrected chi connectivity index (χ1v) is 5.37. The summed E-state index contributed by atoms with van der Waals surface area (Å²) in [6.07, 6.45) is -0.409. The van der Waals surface area contributed by atoms with Crippen LogP contribution in [0.25, 0.3) is 0 Å². The summed E-state index contributed by atoms with van der Waals surface area (Å²) in [5, 5.41) is 14.4. The van der Waals surface area contributed by atoms with Gasteiger partial charge >= 0.3 is 35.7 Å². The number of hydrazine groups is 1. The van der Waals surface area contributed by atoms with Crippen LogP contribution in [0.2, 0.25) is 0 Å². The quantitative estimate of drug-likeness (QED) is 0.325. The van der Waals surface area contributed by atoms with Crippen LogP contribution in [-0.4, -0.2) is 53.1 Å². The van der Waals surface area contributed by atoms with Gasteiger partial charge < -0.3 is 14.8 Å².